The van der Waals surface area contributed by atoms with E-state index < -0.39 is 0 Å². The maximum Gasteiger partial charge on any atom is 0.223 e. The number of anilines is 1. The van der Waals surface area contributed by atoms with Gasteiger partial charge in [-0.2, -0.15) is 9.61 Å². The highest BCUT2D eigenvalue weighted by Crippen LogP contribution is 2.43. The molecule has 1 aromatic carbocycles. The second-order valence-electron chi connectivity index (χ2n) is 9.41. The number of aromatic nitrogens is 4. The van der Waals surface area contributed by atoms with Crippen LogP contribution in [0.25, 0.3) is 16.9 Å². The Kier molecular flexibility index (Phi) is 4.94. The number of aliphatic hydroxyl groups is 1. The minimum absolute atomic E-state index is 0.0151. The molecule has 0 unspecified atom stereocenters. The molecule has 5 heterocycles. The Balaban J connectivity index is 1.38. The van der Waals surface area contributed by atoms with Crippen molar-refractivity contribution in [3.05, 3.63) is 36.7 Å². The van der Waals surface area contributed by atoms with Crippen molar-refractivity contribution >= 4 is 17.2 Å². The number of hydrogen-bond donors (Lipinski definition) is 1. The van der Waals surface area contributed by atoms with Gasteiger partial charge >= 0.3 is 0 Å². The van der Waals surface area contributed by atoms with Gasteiger partial charge in [0.1, 0.15) is 12.1 Å². The zero-order valence-electron chi connectivity index (χ0n) is 18.7. The van der Waals surface area contributed by atoms with E-state index in [4.69, 9.17) is 9.84 Å². The zero-order chi connectivity index (χ0) is 22.5. The Morgan fingerprint density at radius 3 is 2.79 bits per heavy atom. The molecule has 0 saturated carbocycles. The number of nitrogens with zero attached hydrogens (tertiary/aromatic N) is 6. The molecule has 3 aliphatic heterocycles. The fourth-order valence-corrected chi connectivity index (χ4v) is 6.15. The summed E-state index contributed by atoms with van der Waals surface area (Å²) in [5.74, 6) is 1.62. The number of piperidine rings is 3. The number of carbonyl (C=O) groups is 1. The molecule has 3 aromatic rings. The molecule has 4 atom stereocenters. The summed E-state index contributed by atoms with van der Waals surface area (Å²) in [6.07, 6.45) is 5.24. The fourth-order valence-electron chi connectivity index (χ4n) is 6.15. The van der Waals surface area contributed by atoms with Gasteiger partial charge in [-0.15, -0.1) is 10.2 Å². The van der Waals surface area contributed by atoms with Crippen LogP contribution >= 0.6 is 0 Å². The average Bonchev–Trinajstić information content (AvgIpc) is 3.33. The molecule has 0 spiro atoms. The molecule has 1 amide bonds. The minimum Gasteiger partial charge on any atom is -0.497 e. The summed E-state index contributed by atoms with van der Waals surface area (Å²) in [5, 5.41) is 23.4. The van der Waals surface area contributed by atoms with E-state index >= 15 is 0 Å². The molecule has 33 heavy (non-hydrogen) atoms. The fraction of sp³-hybridized carbons (Fsp3) is 0.500. The average molecular weight is 449 g/mol. The molecule has 6 rings (SSSR count). The molecule has 3 aliphatic rings. The maximum atomic E-state index is 12.7. The van der Waals surface area contributed by atoms with Gasteiger partial charge in [-0.25, -0.2) is 0 Å². The lowest BCUT2D eigenvalue weighted by atomic mass is 9.72. The van der Waals surface area contributed by atoms with Crippen LogP contribution in [0.3, 0.4) is 0 Å². The van der Waals surface area contributed by atoms with Gasteiger partial charge in [0.05, 0.1) is 31.1 Å². The quantitative estimate of drug-likeness (QED) is 0.652. The van der Waals surface area contributed by atoms with Gasteiger partial charge in [0.15, 0.2) is 0 Å². The Bertz CT molecular complexity index is 1160. The molecule has 3 fully saturated rings. The number of amides is 1. The second kappa shape index (κ2) is 7.98. The van der Waals surface area contributed by atoms with E-state index in [0.717, 1.165) is 60.7 Å². The molecule has 9 nitrogen and oxygen atoms in total. The van der Waals surface area contributed by atoms with Crippen LogP contribution in [0.5, 0.6) is 5.75 Å². The molecule has 2 aromatic heterocycles. The summed E-state index contributed by atoms with van der Waals surface area (Å²) < 4.78 is 7.03. The summed E-state index contributed by atoms with van der Waals surface area (Å²) in [6.45, 7) is 1.64. The predicted molar refractivity (Wildman–Crippen MR) is 122 cm³/mol. The lowest BCUT2D eigenvalue weighted by Crippen LogP contribution is -2.66. The molecular formula is C24H28N6O3. The van der Waals surface area contributed by atoms with Gasteiger partial charge in [-0.1, -0.05) is 0 Å². The lowest BCUT2D eigenvalue weighted by Gasteiger charge is -2.56. The van der Waals surface area contributed by atoms with Gasteiger partial charge in [0.25, 0.3) is 0 Å². The van der Waals surface area contributed by atoms with Crippen molar-refractivity contribution < 1.29 is 14.6 Å². The normalized spacial score (nSPS) is 27.0. The zero-order valence-corrected chi connectivity index (χ0v) is 18.7. The first-order chi connectivity index (χ1) is 16.2. The Labute approximate surface area is 192 Å². The maximum absolute atomic E-state index is 12.7. The van der Waals surface area contributed by atoms with Crippen LogP contribution in [0.1, 0.15) is 25.7 Å². The van der Waals surface area contributed by atoms with Crippen LogP contribution in [0, 0.1) is 11.8 Å². The molecule has 9 heteroatoms. The Morgan fingerprint density at radius 1 is 1.18 bits per heavy atom. The van der Waals surface area contributed by atoms with Crippen molar-refractivity contribution in [2.24, 2.45) is 11.8 Å². The van der Waals surface area contributed by atoms with Gasteiger partial charge in [0, 0.05) is 31.1 Å². The number of methoxy groups -OCH3 is 1. The second-order valence-corrected chi connectivity index (χ2v) is 9.41. The van der Waals surface area contributed by atoms with E-state index in [1.54, 1.807) is 18.0 Å². The van der Waals surface area contributed by atoms with E-state index in [1.165, 1.54) is 0 Å². The van der Waals surface area contributed by atoms with Gasteiger partial charge in [-0.3, -0.25) is 4.79 Å². The van der Waals surface area contributed by atoms with Gasteiger partial charge in [-0.05, 0) is 61.4 Å². The standard InChI is InChI=1S/C24H28N6O3/c1-33-18-7-5-15(6-8-18)19-10-21(24-26-25-14-29(24)27-19)28-11-16-9-17(12-28)22(13-31)30-20(16)3-2-4-23(30)32/h5-8,10,14,16-17,20,22,31H,2-4,9,11-13H2,1H3/t16-,17+,20+,22+/m1/s1. The molecular weight excluding hydrogens is 420 g/mol. The number of rotatable bonds is 4. The van der Waals surface area contributed by atoms with E-state index in [1.807, 2.05) is 29.2 Å². The first kappa shape index (κ1) is 20.4. The first-order valence-corrected chi connectivity index (χ1v) is 11.7. The highest BCUT2D eigenvalue weighted by Gasteiger charge is 2.49. The van der Waals surface area contributed by atoms with Crippen LogP contribution in [0.4, 0.5) is 5.69 Å². The summed E-state index contributed by atoms with van der Waals surface area (Å²) >= 11 is 0. The largest absolute Gasteiger partial charge is 0.497 e. The van der Waals surface area contributed by atoms with E-state index in [-0.39, 0.29) is 30.5 Å². The summed E-state index contributed by atoms with van der Waals surface area (Å²) in [4.78, 5) is 17.1. The number of benzene rings is 1. The smallest absolute Gasteiger partial charge is 0.223 e. The number of aliphatic hydroxyl groups excluding tert-OH is 1. The van der Waals surface area contributed by atoms with Gasteiger partial charge < -0.3 is 19.6 Å². The van der Waals surface area contributed by atoms with Crippen molar-refractivity contribution in [2.75, 3.05) is 31.7 Å². The first-order valence-electron chi connectivity index (χ1n) is 11.7. The van der Waals surface area contributed by atoms with E-state index in [9.17, 15) is 9.90 Å². The Hall–Kier alpha value is -3.20. The third-order valence-corrected chi connectivity index (χ3v) is 7.66. The number of carbonyl (C=O) groups excluding carboxylic acids is 1. The third kappa shape index (κ3) is 3.33. The topological polar surface area (TPSA) is 96.1 Å². The molecule has 2 bridgehead atoms. The van der Waals surface area contributed by atoms with Crippen molar-refractivity contribution in [1.29, 1.82) is 0 Å². The molecule has 0 aliphatic carbocycles. The summed E-state index contributed by atoms with van der Waals surface area (Å²) in [5.41, 5.74) is 3.55. The van der Waals surface area contributed by atoms with Gasteiger partial charge in [0.2, 0.25) is 11.6 Å². The van der Waals surface area contributed by atoms with Crippen molar-refractivity contribution in [2.45, 2.75) is 37.8 Å². The Morgan fingerprint density at radius 2 is 2.00 bits per heavy atom. The summed E-state index contributed by atoms with van der Waals surface area (Å²) in [6, 6.07) is 10.0. The highest BCUT2D eigenvalue weighted by atomic mass is 16.5. The minimum atomic E-state index is -0.112. The number of ether oxygens (including phenoxy) is 1. The highest BCUT2D eigenvalue weighted by molar-refractivity contribution is 5.78. The number of fused-ring (bicyclic) bond motifs is 5. The van der Waals surface area contributed by atoms with E-state index in [2.05, 4.69) is 21.2 Å². The predicted octanol–water partition coefficient (Wildman–Crippen LogP) is 2.00. The molecule has 0 radical (unpaired) electrons. The lowest BCUT2D eigenvalue weighted by molar-refractivity contribution is -0.150. The molecule has 3 saturated heterocycles. The molecule has 172 valence electrons. The van der Waals surface area contributed by atoms with Crippen molar-refractivity contribution in [3.8, 4) is 17.0 Å². The SMILES string of the molecule is COc1ccc(-c2cc(N3C[C@H]4C[C@@H](C3)[C@H](CO)N3C(=O)CCC[C@@H]43)c3nncn3n2)cc1. The van der Waals surface area contributed by atoms with Crippen LogP contribution < -0.4 is 9.64 Å². The van der Waals surface area contributed by atoms with Crippen LogP contribution in [0.2, 0.25) is 0 Å². The summed E-state index contributed by atoms with van der Waals surface area (Å²) in [7, 11) is 1.66. The molecule has 1 N–H and O–H groups in total. The van der Waals surface area contributed by atoms with E-state index in [0.29, 0.717) is 12.3 Å². The third-order valence-electron chi connectivity index (χ3n) is 7.66. The number of hydrogen-bond acceptors (Lipinski definition) is 7. The van der Waals surface area contributed by atoms with Crippen molar-refractivity contribution in [3.63, 3.8) is 0 Å². The van der Waals surface area contributed by atoms with Crippen LogP contribution in [0.15, 0.2) is 36.7 Å². The van der Waals surface area contributed by atoms with Crippen LogP contribution in [-0.2, 0) is 4.79 Å². The van der Waals surface area contributed by atoms with Crippen molar-refractivity contribution in [1.82, 2.24) is 24.7 Å². The van der Waals surface area contributed by atoms with Crippen LogP contribution in [-0.4, -0.2) is 74.6 Å². The monoisotopic (exact) mass is 448 g/mol.